The van der Waals surface area contributed by atoms with E-state index in [1.807, 2.05) is 24.3 Å². The van der Waals surface area contributed by atoms with Crippen molar-refractivity contribution in [1.29, 1.82) is 0 Å². The monoisotopic (exact) mass is 749 g/mol. The third-order valence-electron chi connectivity index (χ3n) is 7.70. The van der Waals surface area contributed by atoms with Gasteiger partial charge in [0.05, 0.1) is 6.61 Å². The van der Waals surface area contributed by atoms with Crippen LogP contribution >= 0.6 is 15.9 Å². The maximum Gasteiger partial charge on any atom is 0.422 e. The lowest BCUT2D eigenvalue weighted by Crippen LogP contribution is -2.39. The Hall–Kier alpha value is -4.34. The number of ether oxygens (including phenoxy) is 3. The van der Waals surface area contributed by atoms with E-state index < -0.39 is 30.5 Å². The Morgan fingerprint density at radius 2 is 1.61 bits per heavy atom. The fourth-order valence-electron chi connectivity index (χ4n) is 5.23. The molecule has 1 aliphatic carbocycles. The number of benzene rings is 2. The molecule has 0 bridgehead atoms. The normalized spacial score (nSPS) is 19.0. The van der Waals surface area contributed by atoms with Gasteiger partial charge in [0.25, 0.3) is 5.91 Å². The van der Waals surface area contributed by atoms with Crippen molar-refractivity contribution in [1.82, 2.24) is 25.2 Å². The molecule has 1 aromatic heterocycles. The van der Waals surface area contributed by atoms with E-state index in [-0.39, 0.29) is 42.2 Å². The van der Waals surface area contributed by atoms with E-state index in [2.05, 4.69) is 53.8 Å². The van der Waals surface area contributed by atoms with Crippen molar-refractivity contribution >= 4 is 45.5 Å². The fraction of sp³-hybridized carbons (Fsp3) is 0.485. The summed E-state index contributed by atoms with van der Waals surface area (Å²) in [6.45, 7) is 7.80. The average molecular weight is 751 g/mol. The van der Waals surface area contributed by atoms with Crippen molar-refractivity contribution in [3.05, 3.63) is 59.7 Å². The lowest BCUT2D eigenvalue weighted by Gasteiger charge is -2.22. The molecule has 0 radical (unpaired) electrons. The zero-order valence-electron chi connectivity index (χ0n) is 27.5. The molecule has 12 nitrogen and oxygen atoms in total. The number of rotatable bonds is 13. The molecule has 264 valence electrons. The summed E-state index contributed by atoms with van der Waals surface area (Å²) in [7, 11) is 0. The molecule has 16 heteroatoms. The average Bonchev–Trinajstić information content (AvgIpc) is 3.45. The number of hydrogen-bond donors (Lipinski definition) is 3. The molecule has 2 heterocycles. The van der Waals surface area contributed by atoms with Crippen LogP contribution in [0.2, 0.25) is 0 Å². The smallest absolute Gasteiger partial charge is 0.422 e. The minimum Gasteiger partial charge on any atom is -0.493 e. The van der Waals surface area contributed by atoms with Gasteiger partial charge in [0.1, 0.15) is 11.4 Å². The Bertz CT molecular complexity index is 1590. The number of anilines is 3. The van der Waals surface area contributed by atoms with Crippen LogP contribution in [0.4, 0.5) is 35.5 Å². The molecule has 2 aliphatic rings. The minimum absolute atomic E-state index is 0.00000524. The van der Waals surface area contributed by atoms with E-state index in [1.54, 1.807) is 49.9 Å². The second-order valence-corrected chi connectivity index (χ2v) is 13.8. The Balaban J connectivity index is 1.18. The summed E-state index contributed by atoms with van der Waals surface area (Å²) in [5.74, 6) is 1.25. The minimum atomic E-state index is -4.59. The highest BCUT2D eigenvalue weighted by Crippen LogP contribution is 2.46. The standard InChI is InChI=1S/C33H39BrF3N7O5/c1-19(13-34)17-47-23-11-5-20(6-12-23)14-38-28-41-29(43-30(42-28)48-18-33(35,36)37)39-22-9-7-21(8-10-22)27(45)44-15-24-25(16-44)26(24)40-31(46)49-32(2,3)4/h5-12,19,24-26H,13-18H2,1-4H3,(H,40,46)(H2,38,39,41,42,43). The highest BCUT2D eigenvalue weighted by atomic mass is 79.9. The fourth-order valence-corrected chi connectivity index (χ4v) is 5.41. The molecular formula is C33H39BrF3N7O5. The number of carbonyl (C=O) groups is 2. The predicted molar refractivity (Wildman–Crippen MR) is 179 cm³/mol. The number of nitrogens with zero attached hydrogens (tertiary/aromatic N) is 4. The van der Waals surface area contributed by atoms with Gasteiger partial charge in [-0.05, 0) is 68.7 Å². The molecular weight excluding hydrogens is 711 g/mol. The number of hydrogen-bond acceptors (Lipinski definition) is 10. The molecule has 2 aromatic carbocycles. The lowest BCUT2D eigenvalue weighted by molar-refractivity contribution is -0.154. The van der Waals surface area contributed by atoms with Crippen molar-refractivity contribution < 1.29 is 37.0 Å². The molecule has 1 saturated heterocycles. The first-order chi connectivity index (χ1) is 23.2. The second kappa shape index (κ2) is 15.0. The van der Waals surface area contributed by atoms with E-state index in [1.165, 1.54) is 0 Å². The molecule has 3 N–H and O–H groups in total. The Labute approximate surface area is 290 Å². The number of nitrogens with one attached hydrogen (secondary N) is 3. The number of halogens is 4. The largest absolute Gasteiger partial charge is 0.493 e. The van der Waals surface area contributed by atoms with Crippen LogP contribution in [0.15, 0.2) is 48.5 Å². The molecule has 1 saturated carbocycles. The third kappa shape index (κ3) is 10.6. The van der Waals surface area contributed by atoms with Crippen LogP contribution in [0, 0.1) is 17.8 Å². The van der Waals surface area contributed by atoms with Gasteiger partial charge in [-0.15, -0.1) is 0 Å². The van der Waals surface area contributed by atoms with Crippen molar-refractivity contribution in [3.63, 3.8) is 0 Å². The van der Waals surface area contributed by atoms with E-state index in [4.69, 9.17) is 14.2 Å². The van der Waals surface area contributed by atoms with E-state index in [0.717, 1.165) is 16.6 Å². The molecule has 3 unspecified atom stereocenters. The molecule has 49 heavy (non-hydrogen) atoms. The van der Waals surface area contributed by atoms with Gasteiger partial charge in [0.15, 0.2) is 6.61 Å². The number of fused-ring (bicyclic) bond motifs is 1. The van der Waals surface area contributed by atoms with Crippen molar-refractivity contribution in [3.8, 4) is 11.8 Å². The summed E-state index contributed by atoms with van der Waals surface area (Å²) in [5, 5.41) is 9.67. The van der Waals surface area contributed by atoms with E-state index in [9.17, 15) is 22.8 Å². The topological polar surface area (TPSA) is 140 Å². The van der Waals surface area contributed by atoms with Gasteiger partial charge < -0.3 is 35.1 Å². The summed E-state index contributed by atoms with van der Waals surface area (Å²) < 4.78 is 54.5. The van der Waals surface area contributed by atoms with E-state index >= 15 is 0 Å². The number of aromatic nitrogens is 3. The van der Waals surface area contributed by atoms with Crippen LogP contribution in [-0.4, -0.2) is 81.3 Å². The Morgan fingerprint density at radius 1 is 0.959 bits per heavy atom. The number of amides is 2. The number of alkyl carbamates (subject to hydrolysis) is 1. The maximum atomic E-state index is 13.2. The number of likely N-dealkylation sites (tertiary alicyclic amines) is 1. The first-order valence-corrected chi connectivity index (χ1v) is 16.9. The Kier molecular flexibility index (Phi) is 11.0. The van der Waals surface area contributed by atoms with Crippen LogP contribution in [-0.2, 0) is 11.3 Å². The second-order valence-electron chi connectivity index (χ2n) is 13.1. The van der Waals surface area contributed by atoms with Crippen LogP contribution < -0.4 is 25.4 Å². The van der Waals surface area contributed by atoms with Gasteiger partial charge in [-0.3, -0.25) is 4.79 Å². The van der Waals surface area contributed by atoms with E-state index in [0.29, 0.717) is 36.9 Å². The summed E-state index contributed by atoms with van der Waals surface area (Å²) in [6.07, 6.45) is -5.04. The van der Waals surface area contributed by atoms with Crippen molar-refractivity contribution in [2.75, 3.05) is 42.3 Å². The van der Waals surface area contributed by atoms with Gasteiger partial charge in [0, 0.05) is 54.1 Å². The molecule has 1 aliphatic heterocycles. The lowest BCUT2D eigenvalue weighted by atomic mass is 10.1. The quantitative estimate of drug-likeness (QED) is 0.174. The van der Waals surface area contributed by atoms with Gasteiger partial charge in [0.2, 0.25) is 11.9 Å². The summed E-state index contributed by atoms with van der Waals surface area (Å²) in [5.41, 5.74) is 1.23. The highest BCUT2D eigenvalue weighted by Gasteiger charge is 2.57. The molecule has 2 fully saturated rings. The first kappa shape index (κ1) is 36.0. The Morgan fingerprint density at radius 3 is 2.22 bits per heavy atom. The molecule has 3 aromatic rings. The number of piperidine rings is 1. The summed E-state index contributed by atoms with van der Waals surface area (Å²) >= 11 is 3.43. The first-order valence-electron chi connectivity index (χ1n) is 15.8. The van der Waals surface area contributed by atoms with Crippen LogP contribution in [0.1, 0.15) is 43.6 Å². The SMILES string of the molecule is CC(CBr)COc1ccc(CNc2nc(Nc3ccc(C(=O)N4CC5C(C4)C5NC(=O)OC(C)(C)C)cc3)nc(OCC(F)(F)F)n2)cc1. The summed E-state index contributed by atoms with van der Waals surface area (Å²) in [4.78, 5) is 39.3. The summed E-state index contributed by atoms with van der Waals surface area (Å²) in [6, 6.07) is 13.4. The van der Waals surface area contributed by atoms with Gasteiger partial charge in [-0.25, -0.2) is 4.79 Å². The molecule has 0 spiro atoms. The van der Waals surface area contributed by atoms with Gasteiger partial charge in [-0.1, -0.05) is 35.0 Å². The van der Waals surface area contributed by atoms with Crippen LogP contribution in [0.3, 0.4) is 0 Å². The zero-order valence-corrected chi connectivity index (χ0v) is 29.1. The van der Waals surface area contributed by atoms with Crippen molar-refractivity contribution in [2.45, 2.75) is 52.1 Å². The molecule has 3 atom stereocenters. The predicted octanol–water partition coefficient (Wildman–Crippen LogP) is 6.17. The van der Waals surface area contributed by atoms with Crippen molar-refractivity contribution in [2.24, 2.45) is 17.8 Å². The van der Waals surface area contributed by atoms with Crippen LogP contribution in [0.25, 0.3) is 0 Å². The highest BCUT2D eigenvalue weighted by molar-refractivity contribution is 9.09. The van der Waals surface area contributed by atoms with Gasteiger partial charge >= 0.3 is 18.3 Å². The zero-order chi connectivity index (χ0) is 35.3. The molecule has 5 rings (SSSR count). The maximum absolute atomic E-state index is 13.2. The number of carbonyl (C=O) groups excluding carboxylic acids is 2. The number of alkyl halides is 4. The van der Waals surface area contributed by atoms with Crippen LogP contribution in [0.5, 0.6) is 11.8 Å². The molecule has 2 amide bonds. The van der Waals surface area contributed by atoms with Gasteiger partial charge in [-0.2, -0.15) is 28.1 Å². The third-order valence-corrected chi connectivity index (χ3v) is 8.81.